The molecule has 0 radical (unpaired) electrons. The lowest BCUT2D eigenvalue weighted by atomic mass is 10.1. The summed E-state index contributed by atoms with van der Waals surface area (Å²) >= 11 is 10.6. The second kappa shape index (κ2) is 2.44. The van der Waals surface area contributed by atoms with Crippen LogP contribution in [0.1, 0.15) is 12.8 Å². The van der Waals surface area contributed by atoms with Crippen molar-refractivity contribution in [2.75, 3.05) is 0 Å². The van der Waals surface area contributed by atoms with Gasteiger partial charge in [0.2, 0.25) is 0 Å². The average molecular weight is 181 g/mol. The van der Waals surface area contributed by atoms with Crippen LogP contribution in [0.4, 0.5) is 0 Å². The second-order valence-corrected chi connectivity index (χ2v) is 3.40. The summed E-state index contributed by atoms with van der Waals surface area (Å²) in [6, 6.07) is 0. The number of hydrogen-bond donors (Lipinski definition) is 1. The third-order valence-electron chi connectivity index (χ3n) is 1.60. The minimum Gasteiger partial charge on any atom is -0.481 e. The third-order valence-corrected chi connectivity index (χ3v) is 1.82. The maximum Gasteiger partial charge on any atom is 0.313 e. The molecule has 0 aromatic rings. The van der Waals surface area contributed by atoms with Crippen molar-refractivity contribution in [3.8, 4) is 0 Å². The van der Waals surface area contributed by atoms with E-state index in [9.17, 15) is 4.79 Å². The predicted molar refractivity (Wildman–Crippen MR) is 39.1 cm³/mol. The normalized spacial score (nSPS) is 19.8. The number of carboxylic acid groups (broad SMARTS) is 1. The highest BCUT2D eigenvalue weighted by Crippen LogP contribution is 2.48. The molecule has 1 aliphatic carbocycles. The molecule has 10 heavy (non-hydrogen) atoms. The summed E-state index contributed by atoms with van der Waals surface area (Å²) in [4.78, 5) is 10.5. The average Bonchev–Trinajstić information content (AvgIpc) is 2.46. The van der Waals surface area contributed by atoms with E-state index in [0.717, 1.165) is 0 Å². The van der Waals surface area contributed by atoms with Gasteiger partial charge in [0.15, 0.2) is 0 Å². The van der Waals surface area contributed by atoms with Crippen LogP contribution >= 0.6 is 23.2 Å². The Labute approximate surface area is 68.4 Å². The summed E-state index contributed by atoms with van der Waals surface area (Å²) in [6.07, 6.45) is 2.68. The van der Waals surface area contributed by atoms with Crippen LogP contribution in [0.5, 0.6) is 0 Å². The standard InChI is InChI=1S/C6H6Cl2O2/c7-4(8)3-6(1-2-6)5(9)10/h3H,1-2H2,(H,9,10). The molecule has 0 aromatic heterocycles. The van der Waals surface area contributed by atoms with Crippen LogP contribution in [-0.4, -0.2) is 11.1 Å². The van der Waals surface area contributed by atoms with Crippen molar-refractivity contribution in [1.82, 2.24) is 0 Å². The number of aliphatic carboxylic acids is 1. The first kappa shape index (κ1) is 7.89. The summed E-state index contributed by atoms with van der Waals surface area (Å²) < 4.78 is 0.0416. The van der Waals surface area contributed by atoms with Crippen molar-refractivity contribution in [3.05, 3.63) is 10.6 Å². The van der Waals surface area contributed by atoms with E-state index in [2.05, 4.69) is 0 Å². The van der Waals surface area contributed by atoms with Crippen LogP contribution in [0.15, 0.2) is 10.6 Å². The lowest BCUT2D eigenvalue weighted by Crippen LogP contribution is -2.11. The highest BCUT2D eigenvalue weighted by Gasteiger charge is 2.48. The van der Waals surface area contributed by atoms with Crippen molar-refractivity contribution in [2.24, 2.45) is 5.41 Å². The van der Waals surface area contributed by atoms with E-state index in [1.807, 2.05) is 0 Å². The third kappa shape index (κ3) is 1.44. The molecule has 0 unspecified atom stereocenters. The van der Waals surface area contributed by atoms with Gasteiger partial charge >= 0.3 is 5.97 Å². The fourth-order valence-corrected chi connectivity index (χ4v) is 1.18. The molecule has 1 aliphatic rings. The molecule has 0 aromatic carbocycles. The summed E-state index contributed by atoms with van der Waals surface area (Å²) in [6.45, 7) is 0. The van der Waals surface area contributed by atoms with E-state index in [4.69, 9.17) is 28.3 Å². The minimum atomic E-state index is -0.841. The van der Waals surface area contributed by atoms with Gasteiger partial charge in [-0.3, -0.25) is 4.79 Å². The van der Waals surface area contributed by atoms with Gasteiger partial charge < -0.3 is 5.11 Å². The van der Waals surface area contributed by atoms with Gasteiger partial charge in [-0.15, -0.1) is 0 Å². The SMILES string of the molecule is O=C(O)C1(C=C(Cl)Cl)CC1. The first-order valence-corrected chi connectivity index (χ1v) is 3.60. The van der Waals surface area contributed by atoms with Crippen molar-refractivity contribution >= 4 is 29.2 Å². The van der Waals surface area contributed by atoms with E-state index >= 15 is 0 Å². The van der Waals surface area contributed by atoms with Crippen molar-refractivity contribution in [2.45, 2.75) is 12.8 Å². The van der Waals surface area contributed by atoms with E-state index < -0.39 is 11.4 Å². The molecule has 0 heterocycles. The quantitative estimate of drug-likeness (QED) is 0.708. The summed E-state index contributed by atoms with van der Waals surface area (Å²) in [5.74, 6) is -0.841. The van der Waals surface area contributed by atoms with Crippen LogP contribution in [0.3, 0.4) is 0 Å². The van der Waals surface area contributed by atoms with Crippen LogP contribution < -0.4 is 0 Å². The van der Waals surface area contributed by atoms with Crippen LogP contribution in [0.25, 0.3) is 0 Å². The Hall–Kier alpha value is -0.210. The monoisotopic (exact) mass is 180 g/mol. The number of rotatable bonds is 2. The van der Waals surface area contributed by atoms with Crippen molar-refractivity contribution in [3.63, 3.8) is 0 Å². The first-order valence-electron chi connectivity index (χ1n) is 2.84. The Bertz CT molecular complexity index is 190. The molecule has 0 saturated heterocycles. The number of halogens is 2. The van der Waals surface area contributed by atoms with Gasteiger partial charge in [0.1, 0.15) is 4.49 Å². The van der Waals surface area contributed by atoms with Crippen LogP contribution in [-0.2, 0) is 4.79 Å². The molecule has 0 atom stereocenters. The van der Waals surface area contributed by atoms with Crippen LogP contribution in [0, 0.1) is 5.41 Å². The fourth-order valence-electron chi connectivity index (χ4n) is 0.763. The molecule has 1 rings (SSSR count). The maximum absolute atomic E-state index is 10.5. The van der Waals surface area contributed by atoms with Gasteiger partial charge in [0.25, 0.3) is 0 Å². The molecule has 56 valence electrons. The highest BCUT2D eigenvalue weighted by atomic mass is 35.5. The molecule has 0 spiro atoms. The second-order valence-electron chi connectivity index (χ2n) is 2.40. The lowest BCUT2D eigenvalue weighted by Gasteiger charge is -1.99. The van der Waals surface area contributed by atoms with Gasteiger partial charge in [-0.25, -0.2) is 0 Å². The zero-order valence-corrected chi connectivity index (χ0v) is 6.61. The van der Waals surface area contributed by atoms with Gasteiger partial charge in [0, 0.05) is 0 Å². The molecule has 0 bridgehead atoms. The molecule has 1 saturated carbocycles. The van der Waals surface area contributed by atoms with Gasteiger partial charge in [-0.05, 0) is 18.9 Å². The van der Waals surface area contributed by atoms with E-state index in [0.29, 0.717) is 12.8 Å². The van der Waals surface area contributed by atoms with Gasteiger partial charge in [0.05, 0.1) is 5.41 Å². The fraction of sp³-hybridized carbons (Fsp3) is 0.500. The van der Waals surface area contributed by atoms with Crippen molar-refractivity contribution < 1.29 is 9.90 Å². The molecule has 1 N–H and O–H groups in total. The zero-order valence-electron chi connectivity index (χ0n) is 5.10. The van der Waals surface area contributed by atoms with E-state index in [1.165, 1.54) is 6.08 Å². The topological polar surface area (TPSA) is 37.3 Å². The van der Waals surface area contributed by atoms with E-state index in [1.54, 1.807) is 0 Å². The molecular formula is C6H6Cl2O2. The number of carboxylic acids is 1. The Morgan fingerprint density at radius 2 is 2.00 bits per heavy atom. The molecule has 2 nitrogen and oxygen atoms in total. The first-order chi connectivity index (χ1) is 4.57. The summed E-state index contributed by atoms with van der Waals surface area (Å²) in [5.41, 5.74) is -0.737. The minimum absolute atomic E-state index is 0.0416. The van der Waals surface area contributed by atoms with Crippen molar-refractivity contribution in [1.29, 1.82) is 0 Å². The van der Waals surface area contributed by atoms with Crippen LogP contribution in [0.2, 0.25) is 0 Å². The van der Waals surface area contributed by atoms with Gasteiger partial charge in [-0.1, -0.05) is 23.2 Å². The van der Waals surface area contributed by atoms with Gasteiger partial charge in [-0.2, -0.15) is 0 Å². The summed E-state index contributed by atoms with van der Waals surface area (Å²) in [7, 11) is 0. The number of carbonyl (C=O) groups is 1. The number of hydrogen-bond acceptors (Lipinski definition) is 1. The Morgan fingerprint density at radius 1 is 1.50 bits per heavy atom. The largest absolute Gasteiger partial charge is 0.481 e. The Morgan fingerprint density at radius 3 is 2.10 bits per heavy atom. The lowest BCUT2D eigenvalue weighted by molar-refractivity contribution is -0.141. The highest BCUT2D eigenvalue weighted by molar-refractivity contribution is 6.56. The zero-order chi connectivity index (χ0) is 7.78. The smallest absolute Gasteiger partial charge is 0.313 e. The summed E-state index contributed by atoms with van der Waals surface area (Å²) in [5, 5.41) is 8.59. The molecule has 4 heteroatoms. The molecule has 1 fully saturated rings. The Balaban J connectivity index is 2.71. The molecule has 0 amide bonds. The predicted octanol–water partition coefficient (Wildman–Crippen LogP) is 2.17. The Kier molecular flexibility index (Phi) is 1.92. The van der Waals surface area contributed by atoms with E-state index in [-0.39, 0.29) is 4.49 Å². The maximum atomic E-state index is 10.5. The molecular weight excluding hydrogens is 175 g/mol. The molecule has 0 aliphatic heterocycles.